The lowest BCUT2D eigenvalue weighted by Gasteiger charge is -2.26. The zero-order chi connectivity index (χ0) is 12.8. The summed E-state index contributed by atoms with van der Waals surface area (Å²) in [6.45, 7) is 5.29. The van der Waals surface area contributed by atoms with Crippen molar-refractivity contribution in [1.82, 2.24) is 10.2 Å². The van der Waals surface area contributed by atoms with Crippen molar-refractivity contribution in [2.45, 2.75) is 25.8 Å². The average Bonchev–Trinajstić information content (AvgIpc) is 2.85. The molecule has 1 aliphatic rings. The lowest BCUT2D eigenvalue weighted by atomic mass is 10.1. The zero-order valence-electron chi connectivity index (χ0n) is 10.5. The number of likely N-dealkylation sites (tertiary alicyclic amines) is 1. The van der Waals surface area contributed by atoms with Crippen LogP contribution in [0.25, 0.3) is 0 Å². The summed E-state index contributed by atoms with van der Waals surface area (Å²) in [6.07, 6.45) is 4.02. The lowest BCUT2D eigenvalue weighted by molar-refractivity contribution is 0.0697. The Kier molecular flexibility index (Phi) is 5.16. The quantitative estimate of drug-likeness (QED) is 0.775. The summed E-state index contributed by atoms with van der Waals surface area (Å²) in [5, 5.41) is 13.9. The van der Waals surface area contributed by atoms with Gasteiger partial charge in [-0.15, -0.1) is 11.3 Å². The fourth-order valence-corrected chi connectivity index (χ4v) is 3.04. The van der Waals surface area contributed by atoms with Crippen molar-refractivity contribution >= 4 is 17.3 Å². The molecule has 0 amide bonds. The Morgan fingerprint density at radius 3 is 2.83 bits per heavy atom. The maximum atomic E-state index is 10.7. The molecule has 1 saturated heterocycles. The number of rotatable bonds is 6. The molecule has 1 aromatic rings. The summed E-state index contributed by atoms with van der Waals surface area (Å²) in [4.78, 5) is 14.3. The van der Waals surface area contributed by atoms with E-state index >= 15 is 0 Å². The van der Waals surface area contributed by atoms with E-state index in [1.54, 1.807) is 11.4 Å². The van der Waals surface area contributed by atoms with Crippen molar-refractivity contribution in [1.29, 1.82) is 0 Å². The van der Waals surface area contributed by atoms with E-state index in [0.29, 0.717) is 5.56 Å². The first-order valence-corrected chi connectivity index (χ1v) is 7.37. The molecule has 0 bridgehead atoms. The second-order valence-corrected chi connectivity index (χ2v) is 5.68. The van der Waals surface area contributed by atoms with Gasteiger partial charge in [-0.1, -0.05) is 6.42 Å². The number of nitrogens with zero attached hydrogens (tertiary/aromatic N) is 1. The van der Waals surface area contributed by atoms with Gasteiger partial charge in [0.15, 0.2) is 0 Å². The molecule has 0 aromatic carbocycles. The molecular formula is C13H20N2O2S. The van der Waals surface area contributed by atoms with Gasteiger partial charge in [-0.25, -0.2) is 4.79 Å². The summed E-state index contributed by atoms with van der Waals surface area (Å²) in [5.41, 5.74) is 0.396. The second-order valence-electron chi connectivity index (χ2n) is 4.69. The molecule has 5 heteroatoms. The van der Waals surface area contributed by atoms with Crippen LogP contribution in [-0.2, 0) is 6.54 Å². The van der Waals surface area contributed by atoms with Crippen LogP contribution in [0.4, 0.5) is 0 Å². The van der Waals surface area contributed by atoms with Crippen LogP contribution in [0, 0.1) is 0 Å². The molecule has 0 radical (unpaired) electrons. The van der Waals surface area contributed by atoms with Crippen LogP contribution in [0.1, 0.15) is 34.5 Å². The van der Waals surface area contributed by atoms with E-state index in [1.807, 2.05) is 0 Å². The number of aromatic carboxylic acids is 1. The van der Waals surface area contributed by atoms with Crippen LogP contribution in [0.5, 0.6) is 0 Å². The number of thiophene rings is 1. The SMILES string of the molecule is O=C(O)c1csc(CNCCN2CCCCC2)c1. The molecule has 0 unspecified atom stereocenters. The minimum atomic E-state index is -0.842. The molecule has 1 aromatic heterocycles. The van der Waals surface area contributed by atoms with E-state index in [-0.39, 0.29) is 0 Å². The summed E-state index contributed by atoms with van der Waals surface area (Å²) in [6, 6.07) is 1.75. The molecule has 2 N–H and O–H groups in total. The van der Waals surface area contributed by atoms with Crippen LogP contribution in [0.3, 0.4) is 0 Å². The third-order valence-electron chi connectivity index (χ3n) is 3.25. The highest BCUT2D eigenvalue weighted by atomic mass is 32.1. The highest BCUT2D eigenvalue weighted by molar-refractivity contribution is 7.10. The number of carboxylic acids is 1. The smallest absolute Gasteiger partial charge is 0.336 e. The lowest BCUT2D eigenvalue weighted by Crippen LogP contribution is -2.35. The molecule has 0 aliphatic carbocycles. The molecule has 0 atom stereocenters. The third kappa shape index (κ3) is 4.08. The Morgan fingerprint density at radius 2 is 2.17 bits per heavy atom. The van der Waals surface area contributed by atoms with Gasteiger partial charge in [0.1, 0.15) is 0 Å². The monoisotopic (exact) mass is 268 g/mol. The van der Waals surface area contributed by atoms with Gasteiger partial charge < -0.3 is 15.3 Å². The van der Waals surface area contributed by atoms with Crippen molar-refractivity contribution in [3.8, 4) is 0 Å². The molecule has 4 nitrogen and oxygen atoms in total. The molecule has 1 fully saturated rings. The minimum Gasteiger partial charge on any atom is -0.478 e. The largest absolute Gasteiger partial charge is 0.478 e. The number of carbonyl (C=O) groups is 1. The van der Waals surface area contributed by atoms with E-state index in [1.165, 1.54) is 43.7 Å². The maximum Gasteiger partial charge on any atom is 0.336 e. The Labute approximate surface area is 112 Å². The molecule has 0 spiro atoms. The van der Waals surface area contributed by atoms with E-state index in [4.69, 9.17) is 5.11 Å². The van der Waals surface area contributed by atoms with Gasteiger partial charge >= 0.3 is 5.97 Å². The van der Waals surface area contributed by atoms with E-state index in [9.17, 15) is 4.79 Å². The Hall–Kier alpha value is -0.910. The molecule has 0 saturated carbocycles. The predicted molar refractivity (Wildman–Crippen MR) is 73.3 cm³/mol. The van der Waals surface area contributed by atoms with Crippen molar-refractivity contribution in [3.63, 3.8) is 0 Å². The molecule has 2 heterocycles. The van der Waals surface area contributed by atoms with Gasteiger partial charge in [0.2, 0.25) is 0 Å². The van der Waals surface area contributed by atoms with Crippen LogP contribution < -0.4 is 5.32 Å². The van der Waals surface area contributed by atoms with Gasteiger partial charge in [0.05, 0.1) is 5.56 Å². The van der Waals surface area contributed by atoms with E-state index < -0.39 is 5.97 Å². The predicted octanol–water partition coefficient (Wildman–Crippen LogP) is 2.02. The van der Waals surface area contributed by atoms with Crippen molar-refractivity contribution < 1.29 is 9.90 Å². The van der Waals surface area contributed by atoms with Crippen LogP contribution in [-0.4, -0.2) is 42.2 Å². The first-order chi connectivity index (χ1) is 8.75. The summed E-state index contributed by atoms with van der Waals surface area (Å²) in [7, 11) is 0. The number of carboxylic acid groups (broad SMARTS) is 1. The van der Waals surface area contributed by atoms with Crippen molar-refractivity contribution in [2.75, 3.05) is 26.2 Å². The first kappa shape index (κ1) is 13.5. The topological polar surface area (TPSA) is 52.6 Å². The normalized spacial score (nSPS) is 16.9. The summed E-state index contributed by atoms with van der Waals surface area (Å²) < 4.78 is 0. The summed E-state index contributed by atoms with van der Waals surface area (Å²) in [5.74, 6) is -0.842. The van der Waals surface area contributed by atoms with Crippen molar-refractivity contribution in [3.05, 3.63) is 21.9 Å². The summed E-state index contributed by atoms with van der Waals surface area (Å²) >= 11 is 1.51. The fourth-order valence-electron chi connectivity index (χ4n) is 2.22. The molecular weight excluding hydrogens is 248 g/mol. The number of nitrogens with one attached hydrogen (secondary N) is 1. The highest BCUT2D eigenvalue weighted by Gasteiger charge is 2.09. The number of piperidine rings is 1. The molecule has 18 heavy (non-hydrogen) atoms. The zero-order valence-corrected chi connectivity index (χ0v) is 11.3. The second kappa shape index (κ2) is 6.87. The minimum absolute atomic E-state index is 0.396. The first-order valence-electron chi connectivity index (χ1n) is 6.49. The van der Waals surface area contributed by atoms with Gasteiger partial charge in [-0.05, 0) is 32.0 Å². The fraction of sp³-hybridized carbons (Fsp3) is 0.615. The third-order valence-corrected chi connectivity index (χ3v) is 4.19. The van der Waals surface area contributed by atoms with Crippen LogP contribution >= 0.6 is 11.3 Å². The Bertz CT molecular complexity index is 386. The van der Waals surface area contributed by atoms with Crippen molar-refractivity contribution in [2.24, 2.45) is 0 Å². The van der Waals surface area contributed by atoms with Gasteiger partial charge in [0.25, 0.3) is 0 Å². The molecule has 1 aliphatic heterocycles. The highest BCUT2D eigenvalue weighted by Crippen LogP contribution is 2.14. The Balaban J connectivity index is 1.63. The standard InChI is InChI=1S/C13H20N2O2S/c16-13(17)11-8-12(18-10-11)9-14-4-7-15-5-2-1-3-6-15/h8,10,14H,1-7,9H2,(H,16,17). The maximum absolute atomic E-state index is 10.7. The van der Waals surface area contributed by atoms with E-state index in [2.05, 4.69) is 10.2 Å². The van der Waals surface area contributed by atoms with E-state index in [0.717, 1.165) is 24.5 Å². The van der Waals surface area contributed by atoms with Gasteiger partial charge in [0, 0.05) is 29.9 Å². The Morgan fingerprint density at radius 1 is 1.39 bits per heavy atom. The molecule has 100 valence electrons. The number of hydrogen-bond donors (Lipinski definition) is 2. The van der Waals surface area contributed by atoms with Crippen LogP contribution in [0.15, 0.2) is 11.4 Å². The van der Waals surface area contributed by atoms with Gasteiger partial charge in [-0.3, -0.25) is 0 Å². The van der Waals surface area contributed by atoms with Gasteiger partial charge in [-0.2, -0.15) is 0 Å². The van der Waals surface area contributed by atoms with Crippen LogP contribution in [0.2, 0.25) is 0 Å². The molecule has 2 rings (SSSR count). The number of hydrogen-bond acceptors (Lipinski definition) is 4. The average molecular weight is 268 g/mol.